The number of hydrogen-bond donors (Lipinski definition) is 0. The number of benzene rings is 1. The lowest BCUT2D eigenvalue weighted by Gasteiger charge is -2.25. The lowest BCUT2D eigenvalue weighted by molar-refractivity contribution is -0.131. The highest BCUT2D eigenvalue weighted by Gasteiger charge is 2.21. The molecule has 0 N–H and O–H groups in total. The molecule has 1 saturated heterocycles. The SMILES string of the molecule is CCc1c(C)nn(CC(=O)N2CCCN(c3ccccc3C)CC2)c1C. The molecule has 1 aromatic carbocycles. The molecule has 5 nitrogen and oxygen atoms in total. The number of nitrogens with zero attached hydrogens (tertiary/aromatic N) is 4. The van der Waals surface area contributed by atoms with Crippen molar-refractivity contribution >= 4 is 11.6 Å². The Hall–Kier alpha value is -2.30. The van der Waals surface area contributed by atoms with Gasteiger partial charge in [-0.15, -0.1) is 0 Å². The normalized spacial score (nSPS) is 15.2. The number of aryl methyl sites for hydroxylation is 2. The van der Waals surface area contributed by atoms with Crippen LogP contribution in [0.3, 0.4) is 0 Å². The second kappa shape index (κ2) is 7.94. The first-order valence-corrected chi connectivity index (χ1v) is 9.62. The summed E-state index contributed by atoms with van der Waals surface area (Å²) in [6.45, 7) is 12.2. The largest absolute Gasteiger partial charge is 0.369 e. The van der Waals surface area contributed by atoms with Crippen LogP contribution in [-0.4, -0.2) is 46.8 Å². The van der Waals surface area contributed by atoms with E-state index in [-0.39, 0.29) is 5.91 Å². The van der Waals surface area contributed by atoms with Crippen LogP contribution in [-0.2, 0) is 17.8 Å². The quantitative estimate of drug-likeness (QED) is 0.847. The monoisotopic (exact) mass is 354 g/mol. The van der Waals surface area contributed by atoms with Crippen molar-refractivity contribution in [3.05, 3.63) is 46.8 Å². The van der Waals surface area contributed by atoms with Crippen molar-refractivity contribution in [2.45, 2.75) is 47.1 Å². The molecule has 0 atom stereocenters. The Labute approximate surface area is 156 Å². The third kappa shape index (κ3) is 3.76. The van der Waals surface area contributed by atoms with Gasteiger partial charge in [-0.1, -0.05) is 25.1 Å². The molecule has 2 heterocycles. The second-order valence-corrected chi connectivity index (χ2v) is 7.17. The van der Waals surface area contributed by atoms with Crippen LogP contribution in [0.1, 0.15) is 35.9 Å². The van der Waals surface area contributed by atoms with Crippen LogP contribution >= 0.6 is 0 Å². The van der Waals surface area contributed by atoms with Gasteiger partial charge in [0.1, 0.15) is 6.54 Å². The average molecular weight is 354 g/mol. The van der Waals surface area contributed by atoms with E-state index in [9.17, 15) is 4.79 Å². The fourth-order valence-electron chi connectivity index (χ4n) is 3.95. The molecular formula is C21H30N4O. The number of amides is 1. The molecule has 0 bridgehead atoms. The van der Waals surface area contributed by atoms with Crippen LogP contribution in [0.5, 0.6) is 0 Å². The molecule has 26 heavy (non-hydrogen) atoms. The summed E-state index contributed by atoms with van der Waals surface area (Å²) in [7, 11) is 0. The van der Waals surface area contributed by atoms with E-state index in [1.54, 1.807) is 0 Å². The lowest BCUT2D eigenvalue weighted by atomic mass is 10.1. The Kier molecular flexibility index (Phi) is 5.64. The number of hydrogen-bond acceptors (Lipinski definition) is 3. The van der Waals surface area contributed by atoms with Crippen molar-refractivity contribution in [2.24, 2.45) is 0 Å². The first-order chi connectivity index (χ1) is 12.5. The van der Waals surface area contributed by atoms with Gasteiger partial charge in [-0.2, -0.15) is 5.10 Å². The van der Waals surface area contributed by atoms with E-state index in [4.69, 9.17) is 0 Å². The van der Waals surface area contributed by atoms with Gasteiger partial charge in [0.25, 0.3) is 0 Å². The predicted molar refractivity (Wildman–Crippen MR) is 106 cm³/mol. The minimum absolute atomic E-state index is 0.171. The van der Waals surface area contributed by atoms with E-state index in [2.05, 4.69) is 55.0 Å². The molecule has 140 valence electrons. The molecule has 0 aliphatic carbocycles. The van der Waals surface area contributed by atoms with Crippen molar-refractivity contribution in [3.63, 3.8) is 0 Å². The highest BCUT2D eigenvalue weighted by Crippen LogP contribution is 2.21. The molecule has 3 rings (SSSR count). The van der Waals surface area contributed by atoms with Gasteiger partial charge in [-0.3, -0.25) is 9.48 Å². The zero-order valence-electron chi connectivity index (χ0n) is 16.5. The zero-order valence-corrected chi connectivity index (χ0v) is 16.5. The van der Waals surface area contributed by atoms with Crippen LogP contribution < -0.4 is 4.90 Å². The number of aromatic nitrogens is 2. The molecule has 1 fully saturated rings. The minimum atomic E-state index is 0.171. The van der Waals surface area contributed by atoms with Crippen molar-refractivity contribution in [3.8, 4) is 0 Å². The molecule has 1 aromatic heterocycles. The summed E-state index contributed by atoms with van der Waals surface area (Å²) in [5, 5.41) is 4.57. The topological polar surface area (TPSA) is 41.4 Å². The summed E-state index contributed by atoms with van der Waals surface area (Å²) in [6, 6.07) is 8.49. The van der Waals surface area contributed by atoms with Gasteiger partial charge < -0.3 is 9.80 Å². The van der Waals surface area contributed by atoms with E-state index in [1.165, 1.54) is 16.8 Å². The van der Waals surface area contributed by atoms with Gasteiger partial charge in [-0.25, -0.2) is 0 Å². The molecule has 1 aliphatic heterocycles. The number of anilines is 1. The van der Waals surface area contributed by atoms with Crippen LogP contribution in [0.15, 0.2) is 24.3 Å². The summed E-state index contributed by atoms with van der Waals surface area (Å²) in [5.74, 6) is 0.171. The summed E-state index contributed by atoms with van der Waals surface area (Å²) >= 11 is 0. The molecule has 0 unspecified atom stereocenters. The second-order valence-electron chi connectivity index (χ2n) is 7.17. The first kappa shape index (κ1) is 18.5. The van der Waals surface area contributed by atoms with E-state index in [1.807, 2.05) is 16.5 Å². The smallest absolute Gasteiger partial charge is 0.244 e. The Morgan fingerprint density at radius 1 is 1.08 bits per heavy atom. The fraction of sp³-hybridized carbons (Fsp3) is 0.524. The number of carbonyl (C=O) groups excluding carboxylic acids is 1. The minimum Gasteiger partial charge on any atom is -0.369 e. The van der Waals surface area contributed by atoms with Gasteiger partial charge in [0.05, 0.1) is 5.69 Å². The van der Waals surface area contributed by atoms with Crippen LogP contribution in [0.25, 0.3) is 0 Å². The van der Waals surface area contributed by atoms with Gasteiger partial charge >= 0.3 is 0 Å². The third-order valence-corrected chi connectivity index (χ3v) is 5.47. The average Bonchev–Trinajstić information content (AvgIpc) is 2.80. The van der Waals surface area contributed by atoms with Crippen molar-refractivity contribution < 1.29 is 4.79 Å². The van der Waals surface area contributed by atoms with Crippen molar-refractivity contribution in [1.29, 1.82) is 0 Å². The Balaban J connectivity index is 1.66. The third-order valence-electron chi connectivity index (χ3n) is 5.47. The molecule has 1 amide bonds. The molecule has 5 heteroatoms. The maximum absolute atomic E-state index is 12.8. The standard InChI is InChI=1S/C21H30N4O/c1-5-19-17(3)22-25(18(19)4)15-21(26)24-12-8-11-23(13-14-24)20-10-7-6-9-16(20)2/h6-7,9-10H,5,8,11-15H2,1-4H3. The van der Waals surface area contributed by atoms with Gasteiger partial charge in [0.15, 0.2) is 0 Å². The van der Waals surface area contributed by atoms with E-state index >= 15 is 0 Å². The van der Waals surface area contributed by atoms with Crippen molar-refractivity contribution in [2.75, 3.05) is 31.1 Å². The molecular weight excluding hydrogens is 324 g/mol. The molecule has 0 spiro atoms. The molecule has 2 aromatic rings. The van der Waals surface area contributed by atoms with E-state index in [0.29, 0.717) is 6.54 Å². The maximum Gasteiger partial charge on any atom is 0.244 e. The van der Waals surface area contributed by atoms with Crippen LogP contribution in [0.4, 0.5) is 5.69 Å². The highest BCUT2D eigenvalue weighted by molar-refractivity contribution is 5.76. The van der Waals surface area contributed by atoms with E-state index in [0.717, 1.165) is 50.4 Å². The Morgan fingerprint density at radius 2 is 1.85 bits per heavy atom. The van der Waals surface area contributed by atoms with Gasteiger partial charge in [0.2, 0.25) is 5.91 Å². The van der Waals surface area contributed by atoms with Crippen LogP contribution in [0, 0.1) is 20.8 Å². The van der Waals surface area contributed by atoms with E-state index < -0.39 is 0 Å². The highest BCUT2D eigenvalue weighted by atomic mass is 16.2. The zero-order chi connectivity index (χ0) is 18.7. The maximum atomic E-state index is 12.8. The number of rotatable bonds is 4. The lowest BCUT2D eigenvalue weighted by Crippen LogP contribution is -2.37. The van der Waals surface area contributed by atoms with Gasteiger partial charge in [0, 0.05) is 37.6 Å². The summed E-state index contributed by atoms with van der Waals surface area (Å²) in [6.07, 6.45) is 1.96. The first-order valence-electron chi connectivity index (χ1n) is 9.62. The van der Waals surface area contributed by atoms with Gasteiger partial charge in [-0.05, 0) is 50.8 Å². The number of para-hydroxylation sites is 1. The molecule has 0 radical (unpaired) electrons. The number of carbonyl (C=O) groups is 1. The fourth-order valence-corrected chi connectivity index (χ4v) is 3.95. The van der Waals surface area contributed by atoms with Crippen LogP contribution in [0.2, 0.25) is 0 Å². The summed E-state index contributed by atoms with van der Waals surface area (Å²) in [4.78, 5) is 17.2. The summed E-state index contributed by atoms with van der Waals surface area (Å²) < 4.78 is 1.88. The van der Waals surface area contributed by atoms with Crippen molar-refractivity contribution in [1.82, 2.24) is 14.7 Å². The summed E-state index contributed by atoms with van der Waals surface area (Å²) in [5.41, 5.74) is 6.00. The molecule has 1 aliphatic rings. The Bertz CT molecular complexity index is 780. The Morgan fingerprint density at radius 3 is 2.54 bits per heavy atom. The molecule has 0 saturated carbocycles. The predicted octanol–water partition coefficient (Wildman–Crippen LogP) is 3.11.